The van der Waals surface area contributed by atoms with Crippen molar-refractivity contribution >= 4 is 0 Å². The highest BCUT2D eigenvalue weighted by Gasteiger charge is 2.58. The standard InChI is InChI=1S/C24H40O/c1-4-5-6-7-17-9-11-21-20-10-8-18-16-19(25)12-14-24(18,3)22(20)13-15-23(17,21)2/h8,17,19-22,25H,4-7,9-16H2,1-3H3. The van der Waals surface area contributed by atoms with Gasteiger partial charge < -0.3 is 5.11 Å². The molecule has 1 heteroatoms. The van der Waals surface area contributed by atoms with Crippen molar-refractivity contribution in [3.63, 3.8) is 0 Å². The second kappa shape index (κ2) is 6.70. The van der Waals surface area contributed by atoms with Crippen LogP contribution in [0.1, 0.15) is 97.8 Å². The monoisotopic (exact) mass is 344 g/mol. The maximum atomic E-state index is 10.1. The number of allylic oxidation sites excluding steroid dienone is 1. The van der Waals surface area contributed by atoms with Gasteiger partial charge in [-0.15, -0.1) is 0 Å². The van der Waals surface area contributed by atoms with Crippen LogP contribution in [-0.2, 0) is 0 Å². The van der Waals surface area contributed by atoms with Crippen LogP contribution in [0.15, 0.2) is 11.6 Å². The van der Waals surface area contributed by atoms with E-state index in [1.54, 1.807) is 5.57 Å². The summed E-state index contributed by atoms with van der Waals surface area (Å²) < 4.78 is 0. The SMILES string of the molecule is CCCCCC1CCC2C3CC=C4CC(O)CCC4(C)C3CCC12C. The lowest BCUT2D eigenvalue weighted by molar-refractivity contribution is -0.0508. The van der Waals surface area contributed by atoms with E-state index in [0.717, 1.165) is 36.5 Å². The van der Waals surface area contributed by atoms with Crippen molar-refractivity contribution in [2.45, 2.75) is 104 Å². The molecular formula is C24H40O. The number of aliphatic hydroxyl groups is 1. The molecular weight excluding hydrogens is 304 g/mol. The average molecular weight is 345 g/mol. The van der Waals surface area contributed by atoms with Gasteiger partial charge in [0.05, 0.1) is 6.10 Å². The van der Waals surface area contributed by atoms with E-state index in [1.165, 1.54) is 64.2 Å². The third-order valence-corrected chi connectivity index (χ3v) is 9.43. The van der Waals surface area contributed by atoms with Gasteiger partial charge in [-0.1, -0.05) is 51.7 Å². The Morgan fingerprint density at radius 1 is 1.04 bits per heavy atom. The van der Waals surface area contributed by atoms with E-state index >= 15 is 0 Å². The smallest absolute Gasteiger partial charge is 0.0577 e. The zero-order valence-corrected chi connectivity index (χ0v) is 16.9. The van der Waals surface area contributed by atoms with Gasteiger partial charge in [-0.2, -0.15) is 0 Å². The average Bonchev–Trinajstić information content (AvgIpc) is 2.92. The molecule has 7 unspecified atom stereocenters. The third-order valence-electron chi connectivity index (χ3n) is 9.43. The van der Waals surface area contributed by atoms with Crippen LogP contribution in [0.25, 0.3) is 0 Å². The Morgan fingerprint density at radius 3 is 2.68 bits per heavy atom. The predicted octanol–water partition coefficient (Wildman–Crippen LogP) is 6.51. The van der Waals surface area contributed by atoms with Crippen molar-refractivity contribution in [1.29, 1.82) is 0 Å². The van der Waals surface area contributed by atoms with E-state index in [4.69, 9.17) is 0 Å². The topological polar surface area (TPSA) is 20.2 Å². The molecule has 4 rings (SSSR count). The number of unbranched alkanes of at least 4 members (excludes halogenated alkanes) is 2. The van der Waals surface area contributed by atoms with Crippen LogP contribution in [0.2, 0.25) is 0 Å². The van der Waals surface area contributed by atoms with Crippen LogP contribution in [0.4, 0.5) is 0 Å². The maximum absolute atomic E-state index is 10.1. The van der Waals surface area contributed by atoms with E-state index < -0.39 is 0 Å². The minimum atomic E-state index is -0.0702. The first-order valence-corrected chi connectivity index (χ1v) is 11.4. The zero-order chi connectivity index (χ0) is 17.7. The molecule has 0 saturated heterocycles. The van der Waals surface area contributed by atoms with E-state index in [0.29, 0.717) is 10.8 Å². The lowest BCUT2D eigenvalue weighted by Crippen LogP contribution is -2.50. The number of hydrogen-bond donors (Lipinski definition) is 1. The van der Waals surface area contributed by atoms with Gasteiger partial charge >= 0.3 is 0 Å². The summed E-state index contributed by atoms with van der Waals surface area (Å²) in [6.45, 7) is 7.56. The fourth-order valence-electron chi connectivity index (χ4n) is 7.87. The molecule has 0 aromatic rings. The Morgan fingerprint density at radius 2 is 1.88 bits per heavy atom. The van der Waals surface area contributed by atoms with Crippen molar-refractivity contribution in [2.75, 3.05) is 0 Å². The molecule has 142 valence electrons. The molecule has 0 spiro atoms. The number of hydrogen-bond acceptors (Lipinski definition) is 1. The van der Waals surface area contributed by atoms with E-state index in [9.17, 15) is 5.11 Å². The van der Waals surface area contributed by atoms with E-state index in [2.05, 4.69) is 26.8 Å². The zero-order valence-electron chi connectivity index (χ0n) is 16.9. The van der Waals surface area contributed by atoms with Gasteiger partial charge in [0.25, 0.3) is 0 Å². The highest BCUT2D eigenvalue weighted by molar-refractivity contribution is 5.25. The molecule has 3 saturated carbocycles. The molecule has 0 heterocycles. The molecule has 4 aliphatic rings. The molecule has 3 fully saturated rings. The van der Waals surface area contributed by atoms with E-state index in [-0.39, 0.29) is 6.10 Å². The molecule has 0 amide bonds. The summed E-state index contributed by atoms with van der Waals surface area (Å²) in [5, 5.41) is 10.1. The van der Waals surface area contributed by atoms with Crippen LogP contribution in [0.3, 0.4) is 0 Å². The van der Waals surface area contributed by atoms with E-state index in [1.807, 2.05) is 0 Å². The van der Waals surface area contributed by atoms with Gasteiger partial charge in [0.15, 0.2) is 0 Å². The quantitative estimate of drug-likeness (QED) is 0.455. The Balaban J connectivity index is 1.54. The van der Waals surface area contributed by atoms with Gasteiger partial charge in [0, 0.05) is 0 Å². The molecule has 0 aromatic heterocycles. The Kier molecular flexibility index (Phi) is 4.84. The molecule has 1 nitrogen and oxygen atoms in total. The number of aliphatic hydroxyl groups excluding tert-OH is 1. The first-order valence-electron chi connectivity index (χ1n) is 11.4. The first kappa shape index (κ1) is 18.1. The Bertz CT molecular complexity index is 522. The molecule has 0 bridgehead atoms. The summed E-state index contributed by atoms with van der Waals surface area (Å²) in [6, 6.07) is 0. The van der Waals surface area contributed by atoms with Gasteiger partial charge in [-0.05, 0) is 92.3 Å². The van der Waals surface area contributed by atoms with Crippen LogP contribution < -0.4 is 0 Å². The van der Waals surface area contributed by atoms with Crippen molar-refractivity contribution < 1.29 is 5.11 Å². The van der Waals surface area contributed by atoms with Crippen molar-refractivity contribution in [3.8, 4) is 0 Å². The molecule has 1 N–H and O–H groups in total. The summed E-state index contributed by atoms with van der Waals surface area (Å²) in [6.07, 6.45) is 18.7. The lowest BCUT2D eigenvalue weighted by Gasteiger charge is -2.58. The molecule has 4 aliphatic carbocycles. The van der Waals surface area contributed by atoms with Crippen LogP contribution >= 0.6 is 0 Å². The van der Waals surface area contributed by atoms with Gasteiger partial charge in [0.2, 0.25) is 0 Å². The van der Waals surface area contributed by atoms with Gasteiger partial charge in [-0.25, -0.2) is 0 Å². The lowest BCUT2D eigenvalue weighted by atomic mass is 9.47. The minimum Gasteiger partial charge on any atom is -0.393 e. The van der Waals surface area contributed by atoms with Crippen molar-refractivity contribution in [2.24, 2.45) is 34.5 Å². The van der Waals surface area contributed by atoms with Crippen molar-refractivity contribution in [3.05, 3.63) is 11.6 Å². The van der Waals surface area contributed by atoms with Crippen LogP contribution in [0, 0.1) is 34.5 Å². The van der Waals surface area contributed by atoms with Crippen LogP contribution in [-0.4, -0.2) is 11.2 Å². The number of rotatable bonds is 4. The van der Waals surface area contributed by atoms with Gasteiger partial charge in [0.1, 0.15) is 0 Å². The normalized spacial score (nSPS) is 49.1. The molecule has 0 aromatic carbocycles. The first-order chi connectivity index (χ1) is 12.0. The second-order valence-electron chi connectivity index (χ2n) is 10.5. The largest absolute Gasteiger partial charge is 0.393 e. The second-order valence-corrected chi connectivity index (χ2v) is 10.5. The van der Waals surface area contributed by atoms with Crippen LogP contribution in [0.5, 0.6) is 0 Å². The fourth-order valence-corrected chi connectivity index (χ4v) is 7.87. The molecule has 0 radical (unpaired) electrons. The Hall–Kier alpha value is -0.300. The summed E-state index contributed by atoms with van der Waals surface area (Å²) in [7, 11) is 0. The Labute approximate surface area is 155 Å². The third kappa shape index (κ3) is 2.84. The maximum Gasteiger partial charge on any atom is 0.0577 e. The molecule has 0 aliphatic heterocycles. The minimum absolute atomic E-state index is 0.0702. The summed E-state index contributed by atoms with van der Waals surface area (Å²) in [5.74, 6) is 3.79. The fraction of sp³-hybridized carbons (Fsp3) is 0.917. The predicted molar refractivity (Wildman–Crippen MR) is 105 cm³/mol. The summed E-state index contributed by atoms with van der Waals surface area (Å²) in [5.41, 5.74) is 2.66. The summed E-state index contributed by atoms with van der Waals surface area (Å²) >= 11 is 0. The highest BCUT2D eigenvalue weighted by atomic mass is 16.3. The summed E-state index contributed by atoms with van der Waals surface area (Å²) in [4.78, 5) is 0. The molecule has 7 atom stereocenters. The van der Waals surface area contributed by atoms with Gasteiger partial charge in [-0.3, -0.25) is 0 Å². The highest BCUT2D eigenvalue weighted by Crippen LogP contribution is 2.66. The molecule has 25 heavy (non-hydrogen) atoms. The number of fused-ring (bicyclic) bond motifs is 5. The van der Waals surface area contributed by atoms with Crippen molar-refractivity contribution in [1.82, 2.24) is 0 Å².